The number of benzene rings is 2. The molecule has 23 heavy (non-hydrogen) atoms. The molecule has 0 fully saturated rings. The van der Waals surface area contributed by atoms with Crippen LogP contribution in [0.25, 0.3) is 10.9 Å². The minimum Gasteiger partial charge on any atom is -0.238 e. The van der Waals surface area contributed by atoms with Gasteiger partial charge in [-0.3, -0.25) is 0 Å². The lowest BCUT2D eigenvalue weighted by molar-refractivity contribution is 0.587. The van der Waals surface area contributed by atoms with Gasteiger partial charge < -0.3 is 0 Å². The van der Waals surface area contributed by atoms with Gasteiger partial charge in [0, 0.05) is 11.1 Å². The molecule has 0 aliphatic rings. The summed E-state index contributed by atoms with van der Waals surface area (Å²) in [6.45, 7) is 6.03. The van der Waals surface area contributed by atoms with Gasteiger partial charge >= 0.3 is 0 Å². The summed E-state index contributed by atoms with van der Waals surface area (Å²) >= 11 is 0. The van der Waals surface area contributed by atoms with E-state index in [-0.39, 0.29) is 0 Å². The highest BCUT2D eigenvalue weighted by Gasteiger charge is 2.25. The summed E-state index contributed by atoms with van der Waals surface area (Å²) in [6.07, 6.45) is 1.50. The van der Waals surface area contributed by atoms with Gasteiger partial charge in [0.2, 0.25) is 0 Å². The SMILES string of the molecule is CCc1c(CC)n(S(=O)(=O)c2ccc(C)cc2)c2ccccc12. The molecular formula is C19H21NO2S. The first-order valence-corrected chi connectivity index (χ1v) is 9.38. The fraction of sp³-hybridized carbons (Fsp3) is 0.263. The molecule has 0 atom stereocenters. The lowest BCUT2D eigenvalue weighted by Gasteiger charge is -2.12. The zero-order valence-corrected chi connectivity index (χ0v) is 14.5. The van der Waals surface area contributed by atoms with Crippen LogP contribution < -0.4 is 0 Å². The minimum absolute atomic E-state index is 0.334. The molecule has 3 rings (SSSR count). The van der Waals surface area contributed by atoms with Gasteiger partial charge in [-0.2, -0.15) is 0 Å². The summed E-state index contributed by atoms with van der Waals surface area (Å²) in [5.74, 6) is 0. The van der Waals surface area contributed by atoms with Crippen LogP contribution in [0.5, 0.6) is 0 Å². The lowest BCUT2D eigenvalue weighted by Crippen LogP contribution is -2.16. The van der Waals surface area contributed by atoms with Crippen LogP contribution in [0.15, 0.2) is 53.4 Å². The molecule has 3 nitrogen and oxygen atoms in total. The van der Waals surface area contributed by atoms with Crippen LogP contribution in [-0.2, 0) is 22.9 Å². The number of para-hydroxylation sites is 1. The van der Waals surface area contributed by atoms with Gasteiger partial charge in [0.25, 0.3) is 10.0 Å². The molecular weight excluding hydrogens is 306 g/mol. The van der Waals surface area contributed by atoms with Gasteiger partial charge in [-0.1, -0.05) is 49.7 Å². The summed E-state index contributed by atoms with van der Waals surface area (Å²) in [7, 11) is -3.60. The van der Waals surface area contributed by atoms with Crippen LogP contribution in [0.3, 0.4) is 0 Å². The third-order valence-corrected chi connectivity index (χ3v) is 6.05. The van der Waals surface area contributed by atoms with Gasteiger partial charge in [0.15, 0.2) is 0 Å². The smallest absolute Gasteiger partial charge is 0.238 e. The number of fused-ring (bicyclic) bond motifs is 1. The Morgan fingerprint density at radius 2 is 1.57 bits per heavy atom. The molecule has 3 aromatic rings. The molecule has 1 heterocycles. The number of hydrogen-bond acceptors (Lipinski definition) is 2. The van der Waals surface area contributed by atoms with Crippen molar-refractivity contribution in [1.29, 1.82) is 0 Å². The van der Waals surface area contributed by atoms with Crippen LogP contribution >= 0.6 is 0 Å². The van der Waals surface area contributed by atoms with Gasteiger partial charge in [-0.05, 0) is 43.5 Å². The molecule has 0 saturated heterocycles. The molecule has 120 valence electrons. The van der Waals surface area contributed by atoms with Crippen molar-refractivity contribution in [1.82, 2.24) is 3.97 Å². The summed E-state index contributed by atoms with van der Waals surface area (Å²) in [5.41, 5.74) is 3.82. The third kappa shape index (κ3) is 2.47. The van der Waals surface area contributed by atoms with Gasteiger partial charge in [0.05, 0.1) is 10.4 Å². The second kappa shape index (κ2) is 5.85. The van der Waals surface area contributed by atoms with E-state index in [4.69, 9.17) is 0 Å². The van der Waals surface area contributed by atoms with E-state index in [1.807, 2.05) is 50.2 Å². The molecule has 0 bridgehead atoms. The van der Waals surface area contributed by atoms with E-state index in [1.165, 1.54) is 3.97 Å². The molecule has 4 heteroatoms. The Morgan fingerprint density at radius 3 is 2.17 bits per heavy atom. The standard InChI is InChI=1S/C19H21NO2S/c1-4-16-17-8-6-7-9-19(17)20(18(16)5-2)23(21,22)15-12-10-14(3)11-13-15/h6-13H,4-5H2,1-3H3. The van der Waals surface area contributed by atoms with Crippen LogP contribution in [0, 0.1) is 6.92 Å². The molecule has 0 aliphatic carbocycles. The van der Waals surface area contributed by atoms with Gasteiger partial charge in [-0.25, -0.2) is 12.4 Å². The Labute approximate surface area is 137 Å². The Hall–Kier alpha value is -2.07. The number of aromatic nitrogens is 1. The largest absolute Gasteiger partial charge is 0.268 e. The van der Waals surface area contributed by atoms with Crippen LogP contribution in [0.2, 0.25) is 0 Å². The van der Waals surface area contributed by atoms with Crippen molar-refractivity contribution in [2.75, 3.05) is 0 Å². The fourth-order valence-corrected chi connectivity index (χ4v) is 4.81. The van der Waals surface area contributed by atoms with Crippen LogP contribution in [0.4, 0.5) is 0 Å². The maximum Gasteiger partial charge on any atom is 0.268 e. The monoisotopic (exact) mass is 327 g/mol. The first kappa shape index (κ1) is 15.8. The molecule has 0 unspecified atom stereocenters. The van der Waals surface area contributed by atoms with E-state index in [0.717, 1.165) is 34.1 Å². The number of aryl methyl sites for hydroxylation is 2. The highest BCUT2D eigenvalue weighted by atomic mass is 32.2. The normalized spacial score (nSPS) is 12.0. The fourth-order valence-electron chi connectivity index (χ4n) is 3.17. The van der Waals surface area contributed by atoms with E-state index in [2.05, 4.69) is 6.92 Å². The van der Waals surface area contributed by atoms with Crippen molar-refractivity contribution in [2.24, 2.45) is 0 Å². The highest BCUT2D eigenvalue weighted by molar-refractivity contribution is 7.90. The van der Waals surface area contributed by atoms with Gasteiger partial charge in [-0.15, -0.1) is 0 Å². The Kier molecular flexibility index (Phi) is 4.02. The zero-order chi connectivity index (χ0) is 16.6. The van der Waals surface area contributed by atoms with E-state index in [0.29, 0.717) is 11.3 Å². The third-order valence-electron chi connectivity index (χ3n) is 4.29. The van der Waals surface area contributed by atoms with Crippen molar-refractivity contribution in [2.45, 2.75) is 38.5 Å². The average molecular weight is 327 g/mol. The van der Waals surface area contributed by atoms with E-state index < -0.39 is 10.0 Å². The number of rotatable bonds is 4. The quantitative estimate of drug-likeness (QED) is 0.716. The second-order valence-corrected chi connectivity index (χ2v) is 7.52. The number of nitrogens with zero attached hydrogens (tertiary/aromatic N) is 1. The molecule has 0 radical (unpaired) electrons. The molecule has 1 aromatic heterocycles. The number of hydrogen-bond donors (Lipinski definition) is 0. The maximum atomic E-state index is 13.2. The highest BCUT2D eigenvalue weighted by Crippen LogP contribution is 2.31. The van der Waals surface area contributed by atoms with Crippen molar-refractivity contribution < 1.29 is 8.42 Å². The van der Waals surface area contributed by atoms with Crippen LogP contribution in [0.1, 0.15) is 30.7 Å². The Bertz CT molecular complexity index is 951. The van der Waals surface area contributed by atoms with Crippen molar-refractivity contribution >= 4 is 20.9 Å². The summed E-state index contributed by atoms with van der Waals surface area (Å²) in [5, 5.41) is 1.03. The topological polar surface area (TPSA) is 39.1 Å². The first-order valence-electron chi connectivity index (χ1n) is 7.94. The second-order valence-electron chi connectivity index (χ2n) is 5.73. The van der Waals surface area contributed by atoms with Gasteiger partial charge in [0.1, 0.15) is 0 Å². The average Bonchev–Trinajstić information content (AvgIpc) is 2.89. The molecule has 0 aliphatic heterocycles. The van der Waals surface area contributed by atoms with E-state index in [1.54, 1.807) is 12.1 Å². The summed E-state index contributed by atoms with van der Waals surface area (Å²) < 4.78 is 28.0. The van der Waals surface area contributed by atoms with Crippen molar-refractivity contribution in [3.63, 3.8) is 0 Å². The summed E-state index contributed by atoms with van der Waals surface area (Å²) in [6, 6.07) is 14.8. The Balaban J connectivity index is 2.37. The minimum atomic E-state index is -3.60. The van der Waals surface area contributed by atoms with Crippen LogP contribution in [-0.4, -0.2) is 12.4 Å². The molecule has 2 aromatic carbocycles. The summed E-state index contributed by atoms with van der Waals surface area (Å²) in [4.78, 5) is 0.334. The predicted molar refractivity (Wildman–Crippen MR) is 94.5 cm³/mol. The van der Waals surface area contributed by atoms with Crippen molar-refractivity contribution in [3.05, 3.63) is 65.4 Å². The Morgan fingerprint density at radius 1 is 0.913 bits per heavy atom. The lowest BCUT2D eigenvalue weighted by atomic mass is 10.1. The van der Waals surface area contributed by atoms with E-state index >= 15 is 0 Å². The molecule has 0 N–H and O–H groups in total. The molecule has 0 saturated carbocycles. The zero-order valence-electron chi connectivity index (χ0n) is 13.7. The molecule has 0 amide bonds. The van der Waals surface area contributed by atoms with E-state index in [9.17, 15) is 8.42 Å². The maximum absolute atomic E-state index is 13.2. The van der Waals surface area contributed by atoms with Crippen molar-refractivity contribution in [3.8, 4) is 0 Å². The first-order chi connectivity index (χ1) is 11.0. The predicted octanol–water partition coefficient (Wildman–Crippen LogP) is 4.31. The molecule has 0 spiro atoms.